The molecule has 1 saturated carbocycles. The lowest BCUT2D eigenvalue weighted by molar-refractivity contribution is -0.209. The summed E-state index contributed by atoms with van der Waals surface area (Å²) in [5, 5.41) is 41.8. The number of Topliss-reactive ketones (excluding diaryl/α,β-unsaturated/α-hetero) is 2. The first-order valence-corrected chi connectivity index (χ1v) is 19.9. The number of carbonyl (C=O) groups excluding carboxylic acids is 3. The van der Waals surface area contributed by atoms with Gasteiger partial charge in [-0.2, -0.15) is 0 Å². The summed E-state index contributed by atoms with van der Waals surface area (Å²) in [6, 6.07) is 6.23. The van der Waals surface area contributed by atoms with E-state index in [0.29, 0.717) is 39.3 Å². The molecule has 2 aromatic rings. The molecule has 58 heavy (non-hydrogen) atoms. The lowest BCUT2D eigenvalue weighted by atomic mass is 9.59. The van der Waals surface area contributed by atoms with Crippen LogP contribution in [0.5, 0.6) is 5.75 Å². The molecule has 4 N–H and O–H groups in total. The fraction of sp³-hybridized carbons (Fsp3) is 0.523. The largest absolute Gasteiger partial charge is 0.507 e. The minimum Gasteiger partial charge on any atom is -0.507 e. The summed E-state index contributed by atoms with van der Waals surface area (Å²) >= 11 is 0. The molecule has 2 fully saturated rings. The van der Waals surface area contributed by atoms with E-state index in [2.05, 4.69) is 21.9 Å². The van der Waals surface area contributed by atoms with Crippen LogP contribution in [-0.2, 0) is 32.0 Å². The van der Waals surface area contributed by atoms with Crippen LogP contribution in [0.1, 0.15) is 117 Å². The number of nitrogens with one attached hydrogen (secondary N) is 1. The summed E-state index contributed by atoms with van der Waals surface area (Å²) in [6.07, 6.45) is -4.78. The topological polar surface area (TPSA) is 210 Å². The van der Waals surface area contributed by atoms with Gasteiger partial charge in [0.15, 0.2) is 5.78 Å². The van der Waals surface area contributed by atoms with Crippen molar-refractivity contribution >= 4 is 23.3 Å². The lowest BCUT2D eigenvalue weighted by Crippen LogP contribution is -2.54. The van der Waals surface area contributed by atoms with Crippen molar-refractivity contribution in [1.82, 2.24) is 5.32 Å². The van der Waals surface area contributed by atoms with Gasteiger partial charge >= 0.3 is 6.09 Å². The highest BCUT2D eigenvalue weighted by Crippen LogP contribution is 2.53. The van der Waals surface area contributed by atoms with Crippen LogP contribution in [0.3, 0.4) is 0 Å². The zero-order valence-electron chi connectivity index (χ0n) is 34.4. The Balaban J connectivity index is 1.24. The SMILES string of the molecule is C=C1O[C@@H](O[C@H]2C[C@](C)(C(=O)CC)CC3=C(O)C4=C(Cc5c(ccc(C)c5OC)C4=O)[C@H](O)[C@@H]32)CC(NC(=O)OCc2cc(C(C)C)c(N=[N+]=[N-])c(C(C)C)c2)[C@@H]1O. The Morgan fingerprint density at radius 1 is 1.12 bits per heavy atom. The number of hydrogen-bond acceptors (Lipinski definition) is 11. The number of methoxy groups -OCH3 is 1. The molecule has 0 radical (unpaired) electrons. The third-order valence-electron chi connectivity index (χ3n) is 12.1. The molecule has 2 aromatic carbocycles. The van der Waals surface area contributed by atoms with Crippen molar-refractivity contribution in [1.29, 1.82) is 0 Å². The van der Waals surface area contributed by atoms with E-state index in [1.165, 1.54) is 7.11 Å². The van der Waals surface area contributed by atoms with E-state index in [1.807, 2.05) is 46.8 Å². The maximum Gasteiger partial charge on any atom is 0.407 e. The van der Waals surface area contributed by atoms with E-state index in [4.69, 9.17) is 18.9 Å². The number of ether oxygens (including phenoxy) is 4. The number of hydrogen-bond donors (Lipinski definition) is 4. The second-order valence-electron chi connectivity index (χ2n) is 16.7. The Bertz CT molecular complexity index is 2120. The van der Waals surface area contributed by atoms with Gasteiger partial charge in [0.25, 0.3) is 0 Å². The molecule has 310 valence electrons. The predicted octanol–water partition coefficient (Wildman–Crippen LogP) is 8.11. The molecule has 1 unspecified atom stereocenters. The molecule has 1 amide bonds. The first kappa shape index (κ1) is 42.5. The maximum absolute atomic E-state index is 14.0. The van der Waals surface area contributed by atoms with Crippen LogP contribution in [-0.4, -0.2) is 70.7 Å². The van der Waals surface area contributed by atoms with Gasteiger partial charge in [-0.1, -0.05) is 77.5 Å². The summed E-state index contributed by atoms with van der Waals surface area (Å²) in [7, 11) is 1.52. The van der Waals surface area contributed by atoms with Gasteiger partial charge in [-0.25, -0.2) is 4.79 Å². The van der Waals surface area contributed by atoms with Crippen LogP contribution in [0.25, 0.3) is 10.4 Å². The molecule has 0 bridgehead atoms. The first-order chi connectivity index (χ1) is 27.4. The van der Waals surface area contributed by atoms with Crippen LogP contribution in [0.15, 0.2) is 64.2 Å². The monoisotopic (exact) mass is 798 g/mol. The Morgan fingerprint density at radius 3 is 2.40 bits per heavy atom. The average Bonchev–Trinajstić information content (AvgIpc) is 3.17. The van der Waals surface area contributed by atoms with Gasteiger partial charge in [0, 0.05) is 52.3 Å². The third-order valence-corrected chi connectivity index (χ3v) is 12.1. The van der Waals surface area contributed by atoms with Crippen molar-refractivity contribution in [2.45, 2.75) is 130 Å². The number of alkyl carbamates (subject to hydrolysis) is 1. The van der Waals surface area contributed by atoms with Crippen LogP contribution in [0, 0.1) is 18.3 Å². The van der Waals surface area contributed by atoms with E-state index < -0.39 is 53.9 Å². The highest BCUT2D eigenvalue weighted by atomic mass is 16.7. The zero-order chi connectivity index (χ0) is 42.4. The number of nitrogens with zero attached hydrogens (tertiary/aromatic N) is 3. The number of allylic oxidation sites excluding steroid dienone is 1. The Labute approximate surface area is 338 Å². The summed E-state index contributed by atoms with van der Waals surface area (Å²) in [4.78, 5) is 43.8. The molecule has 14 nitrogen and oxygen atoms in total. The highest BCUT2D eigenvalue weighted by molar-refractivity contribution is 6.14. The minimum absolute atomic E-state index is 0.0322. The van der Waals surface area contributed by atoms with Crippen molar-refractivity contribution in [3.8, 4) is 5.75 Å². The smallest absolute Gasteiger partial charge is 0.407 e. The normalized spacial score (nSPS) is 26.7. The van der Waals surface area contributed by atoms with E-state index in [1.54, 1.807) is 26.0 Å². The predicted molar refractivity (Wildman–Crippen MR) is 215 cm³/mol. The van der Waals surface area contributed by atoms with Crippen molar-refractivity contribution < 1.29 is 48.7 Å². The Morgan fingerprint density at radius 2 is 1.79 bits per heavy atom. The Hall–Kier alpha value is -5.14. The summed E-state index contributed by atoms with van der Waals surface area (Å²) in [5.41, 5.74) is 13.7. The highest BCUT2D eigenvalue weighted by Gasteiger charge is 2.54. The lowest BCUT2D eigenvalue weighted by Gasteiger charge is -2.49. The second-order valence-corrected chi connectivity index (χ2v) is 16.7. The fourth-order valence-corrected chi connectivity index (χ4v) is 9.15. The number of fused-ring (bicyclic) bond motifs is 2. The van der Waals surface area contributed by atoms with Crippen LogP contribution < -0.4 is 10.1 Å². The number of rotatable bonds is 11. The van der Waals surface area contributed by atoms with Gasteiger partial charge < -0.3 is 39.6 Å². The molecule has 0 aromatic heterocycles. The van der Waals surface area contributed by atoms with E-state index in [0.717, 1.165) is 16.7 Å². The minimum atomic E-state index is -1.31. The first-order valence-electron chi connectivity index (χ1n) is 19.9. The number of benzene rings is 2. The molecule has 0 spiro atoms. The number of aliphatic hydroxyl groups excluding tert-OH is 3. The van der Waals surface area contributed by atoms with Gasteiger partial charge in [-0.3, -0.25) is 9.59 Å². The van der Waals surface area contributed by atoms with Crippen LogP contribution >= 0.6 is 0 Å². The van der Waals surface area contributed by atoms with Gasteiger partial charge in [0.05, 0.1) is 30.9 Å². The summed E-state index contributed by atoms with van der Waals surface area (Å²) in [6.45, 7) is 17.1. The van der Waals surface area contributed by atoms with Crippen molar-refractivity contribution in [2.75, 3.05) is 7.11 Å². The van der Waals surface area contributed by atoms with E-state index >= 15 is 0 Å². The molecule has 14 heteroatoms. The molecule has 4 aliphatic rings. The molecule has 1 saturated heterocycles. The van der Waals surface area contributed by atoms with Gasteiger partial charge in [0.1, 0.15) is 35.8 Å². The number of aliphatic hydroxyl groups is 3. The molecular weight excluding hydrogens is 745 g/mol. The number of amides is 1. The van der Waals surface area contributed by atoms with E-state index in [9.17, 15) is 35.2 Å². The molecule has 1 heterocycles. The van der Waals surface area contributed by atoms with Crippen LogP contribution in [0.4, 0.5) is 10.5 Å². The van der Waals surface area contributed by atoms with E-state index in [-0.39, 0.29) is 73.4 Å². The van der Waals surface area contributed by atoms with Crippen molar-refractivity contribution in [2.24, 2.45) is 16.4 Å². The van der Waals surface area contributed by atoms with Crippen LogP contribution in [0.2, 0.25) is 0 Å². The van der Waals surface area contributed by atoms with Crippen molar-refractivity contribution in [3.63, 3.8) is 0 Å². The average molecular weight is 799 g/mol. The van der Waals surface area contributed by atoms with Crippen molar-refractivity contribution in [3.05, 3.63) is 103 Å². The molecule has 3 aliphatic carbocycles. The Kier molecular flexibility index (Phi) is 12.2. The van der Waals surface area contributed by atoms with Gasteiger partial charge in [-0.05, 0) is 70.5 Å². The zero-order valence-corrected chi connectivity index (χ0v) is 34.4. The van der Waals surface area contributed by atoms with Gasteiger partial charge in [0.2, 0.25) is 6.29 Å². The van der Waals surface area contributed by atoms with Gasteiger partial charge in [-0.15, -0.1) is 0 Å². The fourth-order valence-electron chi connectivity index (χ4n) is 9.15. The quantitative estimate of drug-likeness (QED) is 0.0975. The maximum atomic E-state index is 14.0. The molecular formula is C44H54N4O10. The summed E-state index contributed by atoms with van der Waals surface area (Å²) < 4.78 is 23.8. The third kappa shape index (κ3) is 7.73. The number of azide groups is 1. The standard InChI is InChI=1S/C44H54N4O10/c1-10-33(49)44(8)17-30-35(40(52)29-15-28-25(39(51)36(29)41(30)53)12-11-22(6)42(28)55-9)32(18-44)58-34-16-31(38(50)23(7)57-34)46-43(54)56-19-24-13-26(20(2)3)37(47-48-45)27(14-24)21(4)5/h11-14,20-21,31-32,34-35,38,40,50,52-53H,7,10,15-19H2,1-6,8-9H3,(H,46,54)/t31?,32-,34-,35-,38+,40-,44+/m0/s1. The number of carbonyl (C=O) groups is 3. The molecule has 6 rings (SSSR count). The molecule has 1 aliphatic heterocycles. The molecule has 7 atom stereocenters. The number of aryl methyl sites for hydroxylation is 1. The number of ketones is 2. The summed E-state index contributed by atoms with van der Waals surface area (Å²) in [5.74, 6) is -1.08. The second kappa shape index (κ2) is 16.6.